The Kier molecular flexibility index (Phi) is 6.29. The van der Waals surface area contributed by atoms with Crippen LogP contribution < -0.4 is 5.32 Å². The molecule has 0 unspecified atom stereocenters. The Morgan fingerprint density at radius 2 is 1.90 bits per heavy atom. The largest absolute Gasteiger partial charge is 0.378 e. The minimum absolute atomic E-state index is 0.955. The van der Waals surface area contributed by atoms with E-state index in [2.05, 4.69) is 36.3 Å². The van der Waals surface area contributed by atoms with Crippen LogP contribution >= 0.6 is 0 Å². The summed E-state index contributed by atoms with van der Waals surface area (Å²) in [5.74, 6) is 0. The first-order valence-electron chi connectivity index (χ1n) is 3.90. The van der Waals surface area contributed by atoms with Crippen molar-refractivity contribution in [2.45, 2.75) is 13.8 Å². The smallest absolute Gasteiger partial charge is 0.0149 e. The van der Waals surface area contributed by atoms with Gasteiger partial charge in [-0.1, -0.05) is 6.08 Å². The van der Waals surface area contributed by atoms with Crippen molar-refractivity contribution in [2.75, 3.05) is 26.7 Å². The third-order valence-electron chi connectivity index (χ3n) is 1.45. The van der Waals surface area contributed by atoms with Crippen LogP contribution in [0, 0.1) is 0 Å². The van der Waals surface area contributed by atoms with Crippen LogP contribution in [-0.4, -0.2) is 31.6 Å². The zero-order valence-corrected chi connectivity index (χ0v) is 7.22. The number of hydrogen-bond acceptors (Lipinski definition) is 2. The van der Waals surface area contributed by atoms with Gasteiger partial charge in [-0.25, -0.2) is 0 Å². The lowest BCUT2D eigenvalue weighted by atomic mass is 10.5. The first-order valence-corrected chi connectivity index (χ1v) is 3.90. The Morgan fingerprint density at radius 3 is 2.30 bits per heavy atom. The van der Waals surface area contributed by atoms with Crippen molar-refractivity contribution >= 4 is 0 Å². The summed E-state index contributed by atoms with van der Waals surface area (Å²) in [6, 6.07) is 0. The van der Waals surface area contributed by atoms with Crippen LogP contribution in [0.3, 0.4) is 0 Å². The lowest BCUT2D eigenvalue weighted by Gasteiger charge is -2.14. The molecular formula is C8H18N2. The van der Waals surface area contributed by atoms with Crippen molar-refractivity contribution in [1.29, 1.82) is 0 Å². The third kappa shape index (κ3) is 4.39. The summed E-state index contributed by atoms with van der Waals surface area (Å²) >= 11 is 0. The van der Waals surface area contributed by atoms with Crippen molar-refractivity contribution in [3.63, 3.8) is 0 Å². The fourth-order valence-electron chi connectivity index (χ4n) is 0.754. The maximum absolute atomic E-state index is 3.06. The van der Waals surface area contributed by atoms with E-state index >= 15 is 0 Å². The molecule has 2 nitrogen and oxygen atoms in total. The summed E-state index contributed by atoms with van der Waals surface area (Å²) in [6.45, 7) is 7.46. The summed E-state index contributed by atoms with van der Waals surface area (Å²) in [5.41, 5.74) is 0. The van der Waals surface area contributed by atoms with Gasteiger partial charge in [-0.05, 0) is 27.1 Å². The van der Waals surface area contributed by atoms with Gasteiger partial charge >= 0.3 is 0 Å². The van der Waals surface area contributed by atoms with Gasteiger partial charge in [-0.15, -0.1) is 0 Å². The maximum atomic E-state index is 3.06. The molecule has 0 rings (SSSR count). The van der Waals surface area contributed by atoms with Crippen LogP contribution in [0.4, 0.5) is 0 Å². The molecule has 0 aliphatic rings. The van der Waals surface area contributed by atoms with Crippen LogP contribution in [0.15, 0.2) is 12.3 Å². The molecule has 10 heavy (non-hydrogen) atoms. The van der Waals surface area contributed by atoms with Gasteiger partial charge in [0, 0.05) is 19.6 Å². The summed E-state index contributed by atoms with van der Waals surface area (Å²) in [4.78, 5) is 2.26. The highest BCUT2D eigenvalue weighted by atomic mass is 15.1. The second kappa shape index (κ2) is 6.62. The van der Waals surface area contributed by atoms with E-state index in [0.29, 0.717) is 0 Å². The highest BCUT2D eigenvalue weighted by molar-refractivity contribution is 4.82. The normalized spacial score (nSPS) is 10.7. The molecule has 0 aromatic carbocycles. The quantitative estimate of drug-likeness (QED) is 0.617. The van der Waals surface area contributed by atoms with Gasteiger partial charge < -0.3 is 10.2 Å². The molecule has 0 radical (unpaired) electrons. The SMILES string of the molecule is CCN(/C=C/CNC)CC. The highest BCUT2D eigenvalue weighted by Gasteiger charge is 1.86. The van der Waals surface area contributed by atoms with E-state index in [1.807, 2.05) is 7.05 Å². The van der Waals surface area contributed by atoms with E-state index in [0.717, 1.165) is 19.6 Å². The first kappa shape index (κ1) is 9.50. The van der Waals surface area contributed by atoms with Crippen LogP contribution in [0.25, 0.3) is 0 Å². The van der Waals surface area contributed by atoms with Gasteiger partial charge in [-0.2, -0.15) is 0 Å². The Morgan fingerprint density at radius 1 is 1.30 bits per heavy atom. The molecule has 0 atom stereocenters. The number of nitrogens with zero attached hydrogens (tertiary/aromatic N) is 1. The van der Waals surface area contributed by atoms with Crippen LogP contribution in [0.1, 0.15) is 13.8 Å². The molecule has 0 saturated heterocycles. The van der Waals surface area contributed by atoms with Crippen molar-refractivity contribution in [3.05, 3.63) is 12.3 Å². The molecule has 0 bridgehead atoms. The molecule has 0 aliphatic heterocycles. The first-order chi connectivity index (χ1) is 4.85. The zero-order valence-electron chi connectivity index (χ0n) is 7.22. The molecule has 0 aromatic rings. The van der Waals surface area contributed by atoms with E-state index < -0.39 is 0 Å². The molecule has 60 valence electrons. The number of rotatable bonds is 5. The molecule has 0 saturated carbocycles. The summed E-state index contributed by atoms with van der Waals surface area (Å²) in [6.07, 6.45) is 4.27. The van der Waals surface area contributed by atoms with E-state index in [9.17, 15) is 0 Å². The molecule has 0 heterocycles. The topological polar surface area (TPSA) is 15.3 Å². The van der Waals surface area contributed by atoms with Crippen molar-refractivity contribution in [1.82, 2.24) is 10.2 Å². The molecule has 0 amide bonds. The minimum atomic E-state index is 0.955. The zero-order chi connectivity index (χ0) is 7.82. The molecule has 0 spiro atoms. The molecule has 1 N–H and O–H groups in total. The van der Waals surface area contributed by atoms with Crippen LogP contribution in [0.2, 0.25) is 0 Å². The Bertz CT molecular complexity index is 85.3. The van der Waals surface area contributed by atoms with Gasteiger partial charge in [0.2, 0.25) is 0 Å². The fraction of sp³-hybridized carbons (Fsp3) is 0.750. The molecule has 0 aromatic heterocycles. The third-order valence-corrected chi connectivity index (χ3v) is 1.45. The highest BCUT2D eigenvalue weighted by Crippen LogP contribution is 1.86. The average molecular weight is 142 g/mol. The lowest BCUT2D eigenvalue weighted by molar-refractivity contribution is 0.417. The second-order valence-corrected chi connectivity index (χ2v) is 2.16. The van der Waals surface area contributed by atoms with E-state index in [1.165, 1.54) is 0 Å². The van der Waals surface area contributed by atoms with Crippen LogP contribution in [0.5, 0.6) is 0 Å². The van der Waals surface area contributed by atoms with Gasteiger partial charge in [-0.3, -0.25) is 0 Å². The summed E-state index contributed by atoms with van der Waals surface area (Å²) in [5, 5.41) is 3.06. The van der Waals surface area contributed by atoms with Gasteiger partial charge in [0.25, 0.3) is 0 Å². The number of nitrogens with one attached hydrogen (secondary N) is 1. The Hall–Kier alpha value is -0.500. The molecule has 0 aliphatic carbocycles. The van der Waals surface area contributed by atoms with Crippen molar-refractivity contribution in [3.8, 4) is 0 Å². The predicted molar refractivity (Wildman–Crippen MR) is 46.0 cm³/mol. The number of hydrogen-bond donors (Lipinski definition) is 1. The van der Waals surface area contributed by atoms with E-state index in [4.69, 9.17) is 0 Å². The van der Waals surface area contributed by atoms with Crippen molar-refractivity contribution in [2.24, 2.45) is 0 Å². The van der Waals surface area contributed by atoms with Crippen LogP contribution in [-0.2, 0) is 0 Å². The predicted octanol–water partition coefficient (Wildman–Crippen LogP) is 1.06. The second-order valence-electron chi connectivity index (χ2n) is 2.16. The average Bonchev–Trinajstić information content (AvgIpc) is 1.99. The Labute approximate surface area is 63.9 Å². The van der Waals surface area contributed by atoms with Crippen molar-refractivity contribution < 1.29 is 0 Å². The van der Waals surface area contributed by atoms with Gasteiger partial charge in [0.15, 0.2) is 0 Å². The Balaban J connectivity index is 3.40. The van der Waals surface area contributed by atoms with E-state index in [-0.39, 0.29) is 0 Å². The standard InChI is InChI=1S/C8H18N2/c1-4-10(5-2)8-6-7-9-3/h6,8-9H,4-5,7H2,1-3H3/b8-6+. The lowest BCUT2D eigenvalue weighted by Crippen LogP contribution is -2.16. The van der Waals surface area contributed by atoms with Gasteiger partial charge in [0.1, 0.15) is 0 Å². The van der Waals surface area contributed by atoms with Gasteiger partial charge in [0.05, 0.1) is 0 Å². The molecular weight excluding hydrogens is 124 g/mol. The minimum Gasteiger partial charge on any atom is -0.378 e. The summed E-state index contributed by atoms with van der Waals surface area (Å²) in [7, 11) is 1.95. The monoisotopic (exact) mass is 142 g/mol. The number of likely N-dealkylation sites (N-methyl/N-ethyl adjacent to an activating group) is 1. The van der Waals surface area contributed by atoms with E-state index in [1.54, 1.807) is 0 Å². The molecule has 2 heteroatoms. The maximum Gasteiger partial charge on any atom is 0.0149 e. The summed E-state index contributed by atoms with van der Waals surface area (Å²) < 4.78 is 0. The fourth-order valence-corrected chi connectivity index (χ4v) is 0.754. The molecule has 0 fully saturated rings.